The largest absolute Gasteiger partial charge is 0.466 e. The number of furan rings is 1. The van der Waals surface area contributed by atoms with E-state index in [0.29, 0.717) is 33.9 Å². The highest BCUT2D eigenvalue weighted by Crippen LogP contribution is 2.30. The first-order valence-corrected chi connectivity index (χ1v) is 8.33. The number of esters is 1. The molecule has 0 aliphatic heterocycles. The second-order valence-corrected chi connectivity index (χ2v) is 6.03. The van der Waals surface area contributed by atoms with Gasteiger partial charge in [-0.1, -0.05) is 5.16 Å². The van der Waals surface area contributed by atoms with Gasteiger partial charge < -0.3 is 19.0 Å². The Morgan fingerprint density at radius 3 is 2.57 bits per heavy atom. The van der Waals surface area contributed by atoms with Gasteiger partial charge in [0.05, 0.1) is 22.3 Å². The monoisotopic (exact) mass is 386 g/mol. The van der Waals surface area contributed by atoms with Crippen molar-refractivity contribution in [3.05, 3.63) is 34.9 Å². The number of aromatic nitrogens is 2. The van der Waals surface area contributed by atoms with E-state index in [-0.39, 0.29) is 11.3 Å². The van der Waals surface area contributed by atoms with Crippen molar-refractivity contribution in [1.82, 2.24) is 20.8 Å². The molecule has 0 aromatic carbocycles. The SMILES string of the molecule is CNC(=O)NC(=O)COC(=O)c1cc(-c2cc(C)oc2C)nc2onc(C)c12. The van der Waals surface area contributed by atoms with Crippen molar-refractivity contribution >= 4 is 29.0 Å². The number of aryl methyl sites for hydroxylation is 3. The van der Waals surface area contributed by atoms with E-state index >= 15 is 0 Å². The lowest BCUT2D eigenvalue weighted by atomic mass is 10.1. The van der Waals surface area contributed by atoms with Crippen LogP contribution in [-0.2, 0) is 9.53 Å². The third-order valence-corrected chi connectivity index (χ3v) is 3.97. The minimum Gasteiger partial charge on any atom is -0.466 e. The Bertz CT molecular complexity index is 1080. The summed E-state index contributed by atoms with van der Waals surface area (Å²) >= 11 is 0. The van der Waals surface area contributed by atoms with Crippen LogP contribution in [0.5, 0.6) is 0 Å². The molecule has 3 aromatic heterocycles. The molecule has 2 N–H and O–H groups in total. The number of hydrogen-bond acceptors (Lipinski definition) is 8. The quantitative estimate of drug-likeness (QED) is 0.650. The molecule has 28 heavy (non-hydrogen) atoms. The Kier molecular flexibility index (Phi) is 5.12. The number of amides is 3. The standard InChI is InChI=1S/C18H18N4O6/c1-8-5-11(10(3)27-8)13-6-12(15-9(2)22-28-16(15)20-13)17(24)26-7-14(23)21-18(25)19-4/h5-6H,7H2,1-4H3,(H2,19,21,23,25). The van der Waals surface area contributed by atoms with Crippen LogP contribution in [0.25, 0.3) is 22.4 Å². The summed E-state index contributed by atoms with van der Waals surface area (Å²) in [5.41, 5.74) is 1.90. The summed E-state index contributed by atoms with van der Waals surface area (Å²) < 4.78 is 15.8. The number of nitrogens with one attached hydrogen (secondary N) is 2. The number of nitrogens with zero attached hydrogens (tertiary/aromatic N) is 2. The molecule has 0 aliphatic carbocycles. The van der Waals surface area contributed by atoms with E-state index in [1.54, 1.807) is 26.8 Å². The van der Waals surface area contributed by atoms with Crippen LogP contribution >= 0.6 is 0 Å². The molecule has 0 fully saturated rings. The van der Waals surface area contributed by atoms with E-state index in [4.69, 9.17) is 13.7 Å². The maximum Gasteiger partial charge on any atom is 0.339 e. The highest BCUT2D eigenvalue weighted by atomic mass is 16.5. The van der Waals surface area contributed by atoms with Crippen LogP contribution < -0.4 is 10.6 Å². The van der Waals surface area contributed by atoms with Gasteiger partial charge in [0, 0.05) is 12.6 Å². The van der Waals surface area contributed by atoms with Crippen LogP contribution in [-0.4, -0.2) is 41.7 Å². The zero-order chi connectivity index (χ0) is 20.4. The Morgan fingerprint density at radius 1 is 1.18 bits per heavy atom. The van der Waals surface area contributed by atoms with Crippen molar-refractivity contribution < 1.29 is 28.1 Å². The van der Waals surface area contributed by atoms with Gasteiger partial charge in [-0.05, 0) is 32.9 Å². The summed E-state index contributed by atoms with van der Waals surface area (Å²) in [5.74, 6) is -0.213. The smallest absolute Gasteiger partial charge is 0.339 e. The summed E-state index contributed by atoms with van der Waals surface area (Å²) in [7, 11) is 1.36. The Balaban J connectivity index is 1.94. The molecule has 3 rings (SSSR count). The molecule has 0 bridgehead atoms. The molecule has 146 valence electrons. The van der Waals surface area contributed by atoms with E-state index < -0.39 is 24.5 Å². The van der Waals surface area contributed by atoms with Gasteiger partial charge in [0.2, 0.25) is 0 Å². The summed E-state index contributed by atoms with van der Waals surface area (Å²) in [6.45, 7) is 4.61. The van der Waals surface area contributed by atoms with Crippen LogP contribution in [0.2, 0.25) is 0 Å². The van der Waals surface area contributed by atoms with Gasteiger partial charge in [-0.15, -0.1) is 0 Å². The molecule has 3 amide bonds. The molecule has 10 heteroatoms. The average molecular weight is 386 g/mol. The number of imide groups is 1. The number of rotatable bonds is 4. The molecular weight excluding hydrogens is 368 g/mol. The predicted octanol–water partition coefficient (Wildman–Crippen LogP) is 2.02. The lowest BCUT2D eigenvalue weighted by Crippen LogP contribution is -2.39. The zero-order valence-electron chi connectivity index (χ0n) is 15.7. The number of pyridine rings is 1. The third kappa shape index (κ3) is 3.70. The first-order valence-electron chi connectivity index (χ1n) is 8.33. The van der Waals surface area contributed by atoms with Gasteiger partial charge in [-0.3, -0.25) is 10.1 Å². The molecule has 0 radical (unpaired) electrons. The Hall–Kier alpha value is -3.69. The van der Waals surface area contributed by atoms with Gasteiger partial charge in [0.1, 0.15) is 11.5 Å². The van der Waals surface area contributed by atoms with Crippen LogP contribution in [0, 0.1) is 20.8 Å². The van der Waals surface area contributed by atoms with Crippen molar-refractivity contribution in [3.8, 4) is 11.3 Å². The average Bonchev–Trinajstić information content (AvgIpc) is 3.20. The first-order chi connectivity index (χ1) is 13.3. The maximum absolute atomic E-state index is 12.6. The highest BCUT2D eigenvalue weighted by Gasteiger charge is 2.22. The van der Waals surface area contributed by atoms with E-state index in [2.05, 4.69) is 15.5 Å². The van der Waals surface area contributed by atoms with Crippen molar-refractivity contribution in [2.24, 2.45) is 0 Å². The number of ether oxygens (including phenoxy) is 1. The summed E-state index contributed by atoms with van der Waals surface area (Å²) in [6, 6.07) is 2.62. The van der Waals surface area contributed by atoms with Gasteiger partial charge in [0.25, 0.3) is 11.6 Å². The van der Waals surface area contributed by atoms with Gasteiger partial charge in [-0.25, -0.2) is 14.6 Å². The molecule has 3 heterocycles. The summed E-state index contributed by atoms with van der Waals surface area (Å²) in [4.78, 5) is 39.8. The highest BCUT2D eigenvalue weighted by molar-refractivity contribution is 6.05. The Labute approximate surface area is 159 Å². The Morgan fingerprint density at radius 2 is 1.93 bits per heavy atom. The van der Waals surface area contributed by atoms with E-state index in [1.807, 2.05) is 5.32 Å². The molecule has 0 spiro atoms. The fourth-order valence-corrected chi connectivity index (χ4v) is 2.71. The van der Waals surface area contributed by atoms with Gasteiger partial charge in [-0.2, -0.15) is 0 Å². The topological polar surface area (TPSA) is 137 Å². The van der Waals surface area contributed by atoms with Crippen LogP contribution in [0.15, 0.2) is 21.1 Å². The van der Waals surface area contributed by atoms with Gasteiger partial charge in [0.15, 0.2) is 6.61 Å². The maximum atomic E-state index is 12.6. The third-order valence-electron chi connectivity index (χ3n) is 3.97. The number of fused-ring (bicyclic) bond motifs is 1. The van der Waals surface area contributed by atoms with E-state index in [0.717, 1.165) is 0 Å². The second kappa shape index (κ2) is 7.51. The minimum atomic E-state index is -0.773. The van der Waals surface area contributed by atoms with Crippen molar-refractivity contribution in [2.75, 3.05) is 13.7 Å². The molecule has 0 saturated carbocycles. The van der Waals surface area contributed by atoms with Gasteiger partial charge >= 0.3 is 12.0 Å². The lowest BCUT2D eigenvalue weighted by Gasteiger charge is -2.07. The molecule has 0 saturated heterocycles. The number of urea groups is 1. The van der Waals surface area contributed by atoms with Crippen LogP contribution in [0.1, 0.15) is 27.6 Å². The molecule has 0 atom stereocenters. The molecule has 0 aliphatic rings. The normalized spacial score (nSPS) is 10.7. The number of hydrogen-bond donors (Lipinski definition) is 2. The summed E-state index contributed by atoms with van der Waals surface area (Å²) in [6.07, 6.45) is 0. The predicted molar refractivity (Wildman–Crippen MR) is 96.6 cm³/mol. The molecule has 3 aromatic rings. The number of carbonyl (C=O) groups excluding carboxylic acids is 3. The fourth-order valence-electron chi connectivity index (χ4n) is 2.71. The van der Waals surface area contributed by atoms with E-state index in [9.17, 15) is 14.4 Å². The molecule has 0 unspecified atom stereocenters. The number of carbonyl (C=O) groups is 3. The van der Waals surface area contributed by atoms with E-state index in [1.165, 1.54) is 13.1 Å². The first kappa shape index (κ1) is 19.1. The van der Waals surface area contributed by atoms with Crippen LogP contribution in [0.4, 0.5) is 4.79 Å². The lowest BCUT2D eigenvalue weighted by molar-refractivity contribution is -0.123. The van der Waals surface area contributed by atoms with Crippen molar-refractivity contribution in [3.63, 3.8) is 0 Å². The fraction of sp³-hybridized carbons (Fsp3) is 0.278. The summed E-state index contributed by atoms with van der Waals surface area (Å²) in [5, 5.41) is 8.47. The van der Waals surface area contributed by atoms with Crippen molar-refractivity contribution in [2.45, 2.75) is 20.8 Å². The van der Waals surface area contributed by atoms with Crippen LogP contribution in [0.3, 0.4) is 0 Å². The second-order valence-electron chi connectivity index (χ2n) is 6.03. The van der Waals surface area contributed by atoms with Crippen molar-refractivity contribution in [1.29, 1.82) is 0 Å². The minimum absolute atomic E-state index is 0.143. The molecule has 10 nitrogen and oxygen atoms in total. The molecular formula is C18H18N4O6. The zero-order valence-corrected chi connectivity index (χ0v) is 15.7.